The molecule has 1 saturated heterocycles. The summed E-state index contributed by atoms with van der Waals surface area (Å²) in [4.78, 5) is 17.0. The maximum Gasteiger partial charge on any atom is 0.273 e. The van der Waals surface area contributed by atoms with E-state index >= 15 is 0 Å². The first-order valence-electron chi connectivity index (χ1n) is 8.01. The minimum absolute atomic E-state index is 0.0177. The van der Waals surface area contributed by atoms with Crippen LogP contribution in [0.1, 0.15) is 21.7 Å². The third-order valence-electron chi connectivity index (χ3n) is 4.40. The van der Waals surface area contributed by atoms with Crippen LogP contribution < -0.4 is 0 Å². The van der Waals surface area contributed by atoms with E-state index in [0.29, 0.717) is 28.8 Å². The van der Waals surface area contributed by atoms with Gasteiger partial charge in [0.2, 0.25) is 0 Å². The van der Waals surface area contributed by atoms with Crippen LogP contribution in [0.25, 0.3) is 0 Å². The number of aryl methyl sites for hydroxylation is 2. The van der Waals surface area contributed by atoms with Crippen LogP contribution >= 0.6 is 39.1 Å². The Kier molecular flexibility index (Phi) is 5.73. The summed E-state index contributed by atoms with van der Waals surface area (Å²) < 4.78 is 2.42. The molecule has 1 amide bonds. The van der Waals surface area contributed by atoms with Crippen LogP contribution in [0, 0.1) is 6.92 Å². The lowest BCUT2D eigenvalue weighted by Gasteiger charge is -2.34. The zero-order chi connectivity index (χ0) is 18.1. The van der Waals surface area contributed by atoms with Gasteiger partial charge in [0.15, 0.2) is 0 Å². The molecule has 0 N–H and O–H groups in total. The lowest BCUT2D eigenvalue weighted by molar-refractivity contribution is 0.0617. The van der Waals surface area contributed by atoms with Crippen LogP contribution in [0.15, 0.2) is 22.7 Å². The minimum Gasteiger partial charge on any atom is -0.335 e. The number of carbonyl (C=O) groups excluding carboxylic acids is 1. The van der Waals surface area contributed by atoms with E-state index < -0.39 is 0 Å². The van der Waals surface area contributed by atoms with Gasteiger partial charge in [-0.25, -0.2) is 0 Å². The Morgan fingerprint density at radius 2 is 1.88 bits per heavy atom. The van der Waals surface area contributed by atoms with E-state index in [9.17, 15) is 4.79 Å². The maximum atomic E-state index is 12.8. The van der Waals surface area contributed by atoms with Crippen molar-refractivity contribution in [2.75, 3.05) is 26.2 Å². The molecule has 0 spiro atoms. The van der Waals surface area contributed by atoms with Gasteiger partial charge >= 0.3 is 0 Å². The summed E-state index contributed by atoms with van der Waals surface area (Å²) in [7, 11) is 1.80. The van der Waals surface area contributed by atoms with Gasteiger partial charge in [-0.05, 0) is 40.5 Å². The Morgan fingerprint density at radius 3 is 2.44 bits per heavy atom. The van der Waals surface area contributed by atoms with E-state index in [1.54, 1.807) is 11.7 Å². The van der Waals surface area contributed by atoms with Crippen molar-refractivity contribution in [2.45, 2.75) is 13.5 Å². The Bertz CT molecular complexity index is 800. The fourth-order valence-corrected chi connectivity index (χ4v) is 3.85. The second-order valence-electron chi connectivity index (χ2n) is 6.19. The van der Waals surface area contributed by atoms with Gasteiger partial charge in [0.05, 0.1) is 20.2 Å². The highest BCUT2D eigenvalue weighted by Crippen LogP contribution is 2.24. The maximum absolute atomic E-state index is 12.8. The Balaban J connectivity index is 1.61. The highest BCUT2D eigenvalue weighted by Gasteiger charge is 2.27. The SMILES string of the molecule is Cc1nn(C)c(C(=O)N2CCN(Cc3ccc(Cl)c(Cl)c3)CC2)c1Br. The number of nitrogens with zero attached hydrogens (tertiary/aromatic N) is 4. The zero-order valence-corrected chi connectivity index (χ0v) is 17.2. The fraction of sp³-hybridized carbons (Fsp3) is 0.412. The van der Waals surface area contributed by atoms with Crippen LogP contribution in [0.5, 0.6) is 0 Å². The first-order valence-corrected chi connectivity index (χ1v) is 9.56. The molecule has 25 heavy (non-hydrogen) atoms. The van der Waals surface area contributed by atoms with Gasteiger partial charge in [-0.2, -0.15) is 5.10 Å². The van der Waals surface area contributed by atoms with Crippen molar-refractivity contribution in [1.82, 2.24) is 19.6 Å². The number of halogens is 3. The molecule has 1 aromatic carbocycles. The molecule has 0 aliphatic carbocycles. The van der Waals surface area contributed by atoms with Crippen LogP contribution in [0.4, 0.5) is 0 Å². The third-order valence-corrected chi connectivity index (χ3v) is 6.09. The summed E-state index contributed by atoms with van der Waals surface area (Å²) in [6, 6.07) is 5.71. The lowest BCUT2D eigenvalue weighted by atomic mass is 10.2. The van der Waals surface area contributed by atoms with Crippen LogP contribution in [0.3, 0.4) is 0 Å². The molecular weight excluding hydrogens is 427 g/mol. The number of hydrogen-bond acceptors (Lipinski definition) is 3. The van der Waals surface area contributed by atoms with Gasteiger partial charge in [-0.15, -0.1) is 0 Å². The van der Waals surface area contributed by atoms with Gasteiger partial charge in [-0.3, -0.25) is 14.4 Å². The van der Waals surface area contributed by atoms with Gasteiger partial charge in [-0.1, -0.05) is 29.3 Å². The van der Waals surface area contributed by atoms with Crippen molar-refractivity contribution in [3.63, 3.8) is 0 Å². The molecule has 2 heterocycles. The molecule has 0 bridgehead atoms. The first kappa shape index (κ1) is 18.7. The fourth-order valence-electron chi connectivity index (χ4n) is 3.02. The molecular formula is C17H19BrCl2N4O. The van der Waals surface area contributed by atoms with E-state index in [0.717, 1.165) is 35.4 Å². The zero-order valence-electron chi connectivity index (χ0n) is 14.1. The predicted molar refractivity (Wildman–Crippen MR) is 103 cm³/mol. The normalized spacial score (nSPS) is 15.6. The molecule has 5 nitrogen and oxygen atoms in total. The number of benzene rings is 1. The summed E-state index contributed by atoms with van der Waals surface area (Å²) in [5, 5.41) is 5.44. The van der Waals surface area contributed by atoms with Crippen molar-refractivity contribution < 1.29 is 4.79 Å². The first-order chi connectivity index (χ1) is 11.9. The minimum atomic E-state index is 0.0177. The number of hydrogen-bond donors (Lipinski definition) is 0. The quantitative estimate of drug-likeness (QED) is 0.722. The number of aromatic nitrogens is 2. The largest absolute Gasteiger partial charge is 0.335 e. The van der Waals surface area contributed by atoms with Crippen LogP contribution in [-0.4, -0.2) is 51.7 Å². The number of carbonyl (C=O) groups is 1. The van der Waals surface area contributed by atoms with E-state index in [1.165, 1.54) is 0 Å². The van der Waals surface area contributed by atoms with E-state index in [-0.39, 0.29) is 5.91 Å². The predicted octanol–water partition coefficient (Wildman–Crippen LogP) is 3.76. The smallest absolute Gasteiger partial charge is 0.273 e. The van der Waals surface area contributed by atoms with Crippen molar-refractivity contribution in [3.8, 4) is 0 Å². The molecule has 0 saturated carbocycles. The van der Waals surface area contributed by atoms with Crippen LogP contribution in [0.2, 0.25) is 10.0 Å². The van der Waals surface area contributed by atoms with Crippen molar-refractivity contribution in [1.29, 1.82) is 0 Å². The molecule has 1 aliphatic heterocycles. The molecule has 1 fully saturated rings. The van der Waals surface area contributed by atoms with Crippen molar-refractivity contribution in [2.24, 2.45) is 7.05 Å². The topological polar surface area (TPSA) is 41.4 Å². The highest BCUT2D eigenvalue weighted by molar-refractivity contribution is 9.10. The summed E-state index contributed by atoms with van der Waals surface area (Å²) in [6.45, 7) is 5.71. The average Bonchev–Trinajstić information content (AvgIpc) is 2.83. The standard InChI is InChI=1S/C17H19BrCl2N4O/c1-11-15(18)16(22(2)21-11)17(25)24-7-5-23(6-8-24)10-12-3-4-13(19)14(20)9-12/h3-4,9H,5-8,10H2,1-2H3. The Morgan fingerprint density at radius 1 is 1.20 bits per heavy atom. The summed E-state index contributed by atoms with van der Waals surface area (Å²) >= 11 is 15.5. The molecule has 1 aromatic heterocycles. The number of rotatable bonds is 3. The van der Waals surface area contributed by atoms with Gasteiger partial charge in [0.1, 0.15) is 5.69 Å². The number of amides is 1. The molecule has 1 aliphatic rings. The van der Waals surface area contributed by atoms with E-state index in [4.69, 9.17) is 23.2 Å². The lowest BCUT2D eigenvalue weighted by Crippen LogP contribution is -2.48. The molecule has 134 valence electrons. The van der Waals surface area contributed by atoms with Crippen molar-refractivity contribution >= 4 is 45.0 Å². The highest BCUT2D eigenvalue weighted by atomic mass is 79.9. The van der Waals surface area contributed by atoms with Gasteiger partial charge in [0, 0.05) is 39.8 Å². The molecule has 0 radical (unpaired) electrons. The summed E-state index contributed by atoms with van der Waals surface area (Å²) in [5.41, 5.74) is 2.55. The van der Waals surface area contributed by atoms with E-state index in [1.807, 2.05) is 30.0 Å². The monoisotopic (exact) mass is 444 g/mol. The van der Waals surface area contributed by atoms with Gasteiger partial charge < -0.3 is 4.90 Å². The second kappa shape index (κ2) is 7.66. The summed E-state index contributed by atoms with van der Waals surface area (Å²) in [5.74, 6) is 0.0177. The van der Waals surface area contributed by atoms with Crippen LogP contribution in [-0.2, 0) is 13.6 Å². The summed E-state index contributed by atoms with van der Waals surface area (Å²) in [6.07, 6.45) is 0. The third kappa shape index (κ3) is 4.03. The molecule has 2 aromatic rings. The average molecular weight is 446 g/mol. The van der Waals surface area contributed by atoms with Gasteiger partial charge in [0.25, 0.3) is 5.91 Å². The Labute approximate surface area is 165 Å². The molecule has 8 heteroatoms. The molecule has 0 atom stereocenters. The molecule has 0 unspecified atom stereocenters. The Hall–Kier alpha value is -1.08. The van der Waals surface area contributed by atoms with Crippen molar-refractivity contribution in [3.05, 3.63) is 49.7 Å². The number of piperazine rings is 1. The molecule has 3 rings (SSSR count). The van der Waals surface area contributed by atoms with E-state index in [2.05, 4.69) is 25.9 Å². The second-order valence-corrected chi connectivity index (χ2v) is 7.80.